The summed E-state index contributed by atoms with van der Waals surface area (Å²) in [5.41, 5.74) is 6.95. The first-order valence-corrected chi connectivity index (χ1v) is 7.95. The van der Waals surface area contributed by atoms with Gasteiger partial charge in [-0.15, -0.1) is 11.3 Å². The van der Waals surface area contributed by atoms with Crippen LogP contribution in [0, 0.1) is 16.7 Å². The third-order valence-corrected chi connectivity index (χ3v) is 5.15. The van der Waals surface area contributed by atoms with Gasteiger partial charge in [-0.2, -0.15) is 5.26 Å². The molecule has 1 aromatic heterocycles. The number of rotatable bonds is 3. The molecule has 2 heterocycles. The van der Waals surface area contributed by atoms with Crippen molar-refractivity contribution in [1.82, 2.24) is 0 Å². The largest absolute Gasteiger partial charge is 0.462 e. The van der Waals surface area contributed by atoms with E-state index < -0.39 is 5.97 Å². The van der Waals surface area contributed by atoms with Gasteiger partial charge >= 0.3 is 5.97 Å². The Hall–Kier alpha value is -1.74. The predicted molar refractivity (Wildman–Crippen MR) is 84.6 cm³/mol. The second-order valence-electron chi connectivity index (χ2n) is 6.01. The van der Waals surface area contributed by atoms with Crippen LogP contribution < -0.4 is 10.6 Å². The Morgan fingerprint density at radius 2 is 2.10 bits per heavy atom. The van der Waals surface area contributed by atoms with Crippen LogP contribution in [0.5, 0.6) is 0 Å². The lowest BCUT2D eigenvalue weighted by Crippen LogP contribution is -2.37. The minimum atomic E-state index is -0.444. The van der Waals surface area contributed by atoms with Crippen LogP contribution in [0.15, 0.2) is 0 Å². The molecule has 21 heavy (non-hydrogen) atoms. The van der Waals surface area contributed by atoms with Gasteiger partial charge in [0.1, 0.15) is 21.5 Å². The van der Waals surface area contributed by atoms with Crippen LogP contribution >= 0.6 is 11.3 Å². The summed E-state index contributed by atoms with van der Waals surface area (Å²) in [4.78, 5) is 14.4. The fraction of sp³-hybridized carbons (Fsp3) is 0.600. The number of nitrogens with two attached hydrogens (primary N) is 1. The summed E-state index contributed by atoms with van der Waals surface area (Å²) in [6, 6.07) is 2.14. The lowest BCUT2D eigenvalue weighted by atomic mass is 9.83. The van der Waals surface area contributed by atoms with Gasteiger partial charge in [-0.1, -0.05) is 13.8 Å². The standard InChI is InChI=1S/C15H21N3O2S/c1-4-20-14(19)12-11(17)10(9-16)13(21-12)18-7-5-15(2,3)6-8-18/h4-8,17H2,1-3H3. The Morgan fingerprint density at radius 3 is 2.62 bits per heavy atom. The zero-order valence-electron chi connectivity index (χ0n) is 12.7. The lowest BCUT2D eigenvalue weighted by Gasteiger charge is -2.37. The maximum Gasteiger partial charge on any atom is 0.350 e. The van der Waals surface area contributed by atoms with E-state index in [1.54, 1.807) is 6.92 Å². The SMILES string of the molecule is CCOC(=O)c1sc(N2CCC(C)(C)CC2)c(C#N)c1N. The average Bonchev–Trinajstić information content (AvgIpc) is 2.76. The minimum absolute atomic E-state index is 0.251. The van der Waals surface area contributed by atoms with Crippen molar-refractivity contribution in [2.75, 3.05) is 30.3 Å². The van der Waals surface area contributed by atoms with Gasteiger partial charge in [0.2, 0.25) is 0 Å². The highest BCUT2D eigenvalue weighted by Gasteiger charge is 2.30. The summed E-state index contributed by atoms with van der Waals surface area (Å²) in [5.74, 6) is -0.444. The third kappa shape index (κ3) is 3.13. The van der Waals surface area contributed by atoms with Crippen molar-refractivity contribution < 1.29 is 9.53 Å². The zero-order chi connectivity index (χ0) is 15.6. The molecule has 0 aliphatic carbocycles. The smallest absolute Gasteiger partial charge is 0.350 e. The fourth-order valence-corrected chi connectivity index (χ4v) is 3.54. The first-order valence-electron chi connectivity index (χ1n) is 7.14. The van der Waals surface area contributed by atoms with Crippen molar-refractivity contribution in [1.29, 1.82) is 5.26 Å². The molecular weight excluding hydrogens is 286 g/mol. The molecule has 1 fully saturated rings. The van der Waals surface area contributed by atoms with Crippen LogP contribution in [0.25, 0.3) is 0 Å². The van der Waals surface area contributed by atoms with Gasteiger partial charge in [0.15, 0.2) is 0 Å². The number of esters is 1. The highest BCUT2D eigenvalue weighted by molar-refractivity contribution is 7.18. The Kier molecular flexibility index (Phi) is 4.43. The summed E-state index contributed by atoms with van der Waals surface area (Å²) in [7, 11) is 0. The van der Waals surface area contributed by atoms with E-state index in [1.807, 2.05) is 0 Å². The molecule has 0 radical (unpaired) electrons. The van der Waals surface area contributed by atoms with Crippen LogP contribution in [-0.4, -0.2) is 25.7 Å². The Morgan fingerprint density at radius 1 is 1.48 bits per heavy atom. The molecule has 1 saturated heterocycles. The number of hydrogen-bond acceptors (Lipinski definition) is 6. The molecule has 2 rings (SSSR count). The highest BCUT2D eigenvalue weighted by Crippen LogP contribution is 2.41. The molecule has 0 atom stereocenters. The number of hydrogen-bond donors (Lipinski definition) is 1. The Labute approximate surface area is 129 Å². The van der Waals surface area contributed by atoms with E-state index in [9.17, 15) is 10.1 Å². The summed E-state index contributed by atoms with van der Waals surface area (Å²) in [6.45, 7) is 8.31. The maximum absolute atomic E-state index is 11.9. The number of nitrogens with zero attached hydrogens (tertiary/aromatic N) is 2. The van der Waals surface area contributed by atoms with E-state index in [0.29, 0.717) is 22.5 Å². The number of carbonyl (C=O) groups is 1. The van der Waals surface area contributed by atoms with Crippen LogP contribution in [-0.2, 0) is 4.74 Å². The van der Waals surface area contributed by atoms with Crippen LogP contribution in [0.2, 0.25) is 0 Å². The van der Waals surface area contributed by atoms with Gasteiger partial charge in [-0.05, 0) is 25.2 Å². The van der Waals surface area contributed by atoms with E-state index >= 15 is 0 Å². The number of anilines is 2. The van der Waals surface area contributed by atoms with Gasteiger partial charge in [0.05, 0.1) is 12.3 Å². The van der Waals surface area contributed by atoms with Crippen molar-refractivity contribution in [2.45, 2.75) is 33.6 Å². The fourth-order valence-electron chi connectivity index (χ4n) is 2.43. The van der Waals surface area contributed by atoms with Gasteiger partial charge < -0.3 is 15.4 Å². The van der Waals surface area contributed by atoms with Crippen molar-refractivity contribution in [3.63, 3.8) is 0 Å². The van der Waals surface area contributed by atoms with E-state index in [2.05, 4.69) is 24.8 Å². The molecular formula is C15H21N3O2S. The molecule has 0 amide bonds. The summed E-state index contributed by atoms with van der Waals surface area (Å²) in [6.07, 6.45) is 2.12. The Bertz CT molecular complexity index is 576. The zero-order valence-corrected chi connectivity index (χ0v) is 13.5. The molecule has 2 N–H and O–H groups in total. The number of ether oxygens (including phenoxy) is 1. The quantitative estimate of drug-likeness (QED) is 0.868. The van der Waals surface area contributed by atoms with Crippen molar-refractivity contribution in [3.8, 4) is 6.07 Å². The molecule has 0 aromatic carbocycles. The number of thiophene rings is 1. The van der Waals surface area contributed by atoms with E-state index in [0.717, 1.165) is 30.9 Å². The second-order valence-corrected chi connectivity index (χ2v) is 7.01. The minimum Gasteiger partial charge on any atom is -0.462 e. The lowest BCUT2D eigenvalue weighted by molar-refractivity contribution is 0.0533. The highest BCUT2D eigenvalue weighted by atomic mass is 32.1. The number of piperidine rings is 1. The molecule has 0 bridgehead atoms. The maximum atomic E-state index is 11.9. The van der Waals surface area contributed by atoms with Crippen LogP contribution in [0.1, 0.15) is 48.8 Å². The number of nitriles is 1. The molecule has 1 aromatic rings. The van der Waals surface area contributed by atoms with E-state index in [1.165, 1.54) is 11.3 Å². The van der Waals surface area contributed by atoms with E-state index in [4.69, 9.17) is 10.5 Å². The van der Waals surface area contributed by atoms with Gasteiger partial charge in [0.25, 0.3) is 0 Å². The second kappa shape index (κ2) is 5.94. The normalized spacial score (nSPS) is 17.3. The third-order valence-electron chi connectivity index (χ3n) is 3.90. The van der Waals surface area contributed by atoms with Crippen molar-refractivity contribution >= 4 is 28.0 Å². The van der Waals surface area contributed by atoms with Crippen LogP contribution in [0.4, 0.5) is 10.7 Å². The van der Waals surface area contributed by atoms with Gasteiger partial charge in [-0.3, -0.25) is 0 Å². The van der Waals surface area contributed by atoms with Crippen molar-refractivity contribution in [2.24, 2.45) is 5.41 Å². The summed E-state index contributed by atoms with van der Waals surface area (Å²) >= 11 is 1.27. The molecule has 6 heteroatoms. The molecule has 0 saturated carbocycles. The summed E-state index contributed by atoms with van der Waals surface area (Å²) < 4.78 is 5.01. The van der Waals surface area contributed by atoms with Gasteiger partial charge in [0, 0.05) is 13.1 Å². The number of nitrogen functional groups attached to an aromatic ring is 1. The molecule has 1 aliphatic heterocycles. The summed E-state index contributed by atoms with van der Waals surface area (Å²) in [5, 5.41) is 10.2. The molecule has 114 valence electrons. The molecule has 0 spiro atoms. The predicted octanol–water partition coefficient (Wildman–Crippen LogP) is 3.01. The van der Waals surface area contributed by atoms with Gasteiger partial charge in [-0.25, -0.2) is 4.79 Å². The van der Waals surface area contributed by atoms with Crippen molar-refractivity contribution in [3.05, 3.63) is 10.4 Å². The van der Waals surface area contributed by atoms with E-state index in [-0.39, 0.29) is 5.69 Å². The molecule has 5 nitrogen and oxygen atoms in total. The average molecular weight is 307 g/mol. The Balaban J connectivity index is 2.30. The van der Waals surface area contributed by atoms with Crippen LogP contribution in [0.3, 0.4) is 0 Å². The number of carbonyl (C=O) groups excluding carboxylic acids is 1. The first kappa shape index (κ1) is 15.6. The monoisotopic (exact) mass is 307 g/mol. The first-order chi connectivity index (χ1) is 9.89. The molecule has 0 unspecified atom stereocenters. The molecule has 1 aliphatic rings. The topological polar surface area (TPSA) is 79.3 Å².